The third-order valence-electron chi connectivity index (χ3n) is 7.01. The molecule has 41 heavy (non-hydrogen) atoms. The molecule has 2 amide bonds. The quantitative estimate of drug-likeness (QED) is 0.182. The molecular formula is C31H38N4O6. The first-order valence-electron chi connectivity index (χ1n) is 13.9. The molecule has 1 aromatic heterocycles. The Labute approximate surface area is 240 Å². The molecule has 1 saturated heterocycles. The van der Waals surface area contributed by atoms with Crippen LogP contribution in [0.2, 0.25) is 0 Å². The largest absolute Gasteiger partial charge is 0.392 e. The molecule has 1 fully saturated rings. The van der Waals surface area contributed by atoms with Crippen LogP contribution in [0.5, 0.6) is 0 Å². The highest BCUT2D eigenvalue weighted by Crippen LogP contribution is 2.38. The molecule has 1 aliphatic heterocycles. The topological polar surface area (TPSA) is 133 Å². The SMILES string of the molecule is CN(CCc1ccccn1)C[C@H]1C[C@@H](c2ccc(CO)cc2)O[C@@H](c2ccc(NC(=O)CCCC(=O)NO)cc2)O1. The van der Waals surface area contributed by atoms with Crippen LogP contribution in [0.1, 0.15) is 60.5 Å². The molecule has 4 N–H and O–H groups in total. The van der Waals surface area contributed by atoms with Crippen LogP contribution in [0.15, 0.2) is 72.9 Å². The highest BCUT2D eigenvalue weighted by Gasteiger charge is 2.32. The average Bonchev–Trinajstić information content (AvgIpc) is 3.00. The maximum absolute atomic E-state index is 12.2. The maximum Gasteiger partial charge on any atom is 0.243 e. The second kappa shape index (κ2) is 15.4. The molecule has 10 nitrogen and oxygen atoms in total. The summed E-state index contributed by atoms with van der Waals surface area (Å²) in [6, 6.07) is 21.1. The first kappa shape index (κ1) is 30.3. The predicted octanol–water partition coefficient (Wildman–Crippen LogP) is 3.91. The number of hydroxylamine groups is 1. The second-order valence-corrected chi connectivity index (χ2v) is 10.2. The van der Waals surface area contributed by atoms with E-state index in [1.807, 2.05) is 60.8 Å². The molecule has 2 aromatic carbocycles. The fraction of sp³-hybridized carbons (Fsp3) is 0.387. The third-order valence-corrected chi connectivity index (χ3v) is 7.01. The number of benzene rings is 2. The second-order valence-electron chi connectivity index (χ2n) is 10.2. The fourth-order valence-corrected chi connectivity index (χ4v) is 4.74. The maximum atomic E-state index is 12.2. The van der Waals surface area contributed by atoms with E-state index in [9.17, 15) is 14.7 Å². The smallest absolute Gasteiger partial charge is 0.243 e. The number of anilines is 1. The van der Waals surface area contributed by atoms with Gasteiger partial charge in [0.1, 0.15) is 0 Å². The molecule has 3 aromatic rings. The lowest BCUT2D eigenvalue weighted by Gasteiger charge is -2.38. The van der Waals surface area contributed by atoms with Gasteiger partial charge in [-0.25, -0.2) is 5.48 Å². The summed E-state index contributed by atoms with van der Waals surface area (Å²) in [6.07, 6.45) is 3.04. The zero-order valence-corrected chi connectivity index (χ0v) is 23.2. The first-order valence-corrected chi connectivity index (χ1v) is 13.9. The molecule has 0 aliphatic carbocycles. The lowest BCUT2D eigenvalue weighted by molar-refractivity contribution is -0.252. The zero-order chi connectivity index (χ0) is 29.0. The highest BCUT2D eigenvalue weighted by molar-refractivity contribution is 5.91. The Morgan fingerprint density at radius 1 is 0.976 bits per heavy atom. The van der Waals surface area contributed by atoms with E-state index in [-0.39, 0.29) is 37.6 Å². The van der Waals surface area contributed by atoms with Crippen LogP contribution < -0.4 is 10.8 Å². The number of aliphatic hydroxyl groups is 1. The van der Waals surface area contributed by atoms with Gasteiger partial charge in [0.05, 0.1) is 18.8 Å². The molecule has 10 heteroatoms. The van der Waals surface area contributed by atoms with Crippen molar-refractivity contribution in [2.45, 2.75) is 57.2 Å². The number of carbonyl (C=O) groups is 2. The summed E-state index contributed by atoms with van der Waals surface area (Å²) in [5.74, 6) is -0.733. The first-order chi connectivity index (χ1) is 19.9. The normalized spacial score (nSPS) is 18.7. The monoisotopic (exact) mass is 562 g/mol. The molecule has 0 radical (unpaired) electrons. The highest BCUT2D eigenvalue weighted by atomic mass is 16.7. The van der Waals surface area contributed by atoms with Crippen molar-refractivity contribution in [2.24, 2.45) is 0 Å². The Morgan fingerprint density at radius 2 is 1.71 bits per heavy atom. The van der Waals surface area contributed by atoms with Crippen LogP contribution in [0, 0.1) is 0 Å². The molecule has 0 unspecified atom stereocenters. The Morgan fingerprint density at radius 3 is 2.39 bits per heavy atom. The molecule has 1 aliphatic rings. The number of hydrogen-bond donors (Lipinski definition) is 4. The lowest BCUT2D eigenvalue weighted by Crippen LogP contribution is -2.38. The van der Waals surface area contributed by atoms with E-state index in [0.717, 1.165) is 41.9 Å². The van der Waals surface area contributed by atoms with Crippen LogP contribution in [-0.4, -0.2) is 58.3 Å². The molecule has 2 heterocycles. The van der Waals surface area contributed by atoms with E-state index in [1.54, 1.807) is 17.6 Å². The number of pyridine rings is 1. The van der Waals surface area contributed by atoms with Gasteiger partial charge in [-0.05, 0) is 48.9 Å². The summed E-state index contributed by atoms with van der Waals surface area (Å²) >= 11 is 0. The summed E-state index contributed by atoms with van der Waals surface area (Å²) < 4.78 is 12.9. The summed E-state index contributed by atoms with van der Waals surface area (Å²) in [6.45, 7) is 1.56. The summed E-state index contributed by atoms with van der Waals surface area (Å²) in [7, 11) is 2.08. The molecule has 0 spiro atoms. The standard InChI is InChI=1S/C31H38N4O6/c1-35(18-16-25-5-2-3-17-32-25)20-27-19-28(23-10-8-22(21-36)9-11-23)41-31(40-27)24-12-14-26(15-13-24)33-29(37)6-4-7-30(38)34-39/h2-3,5,8-15,17,27-28,31,36,39H,4,6-7,16,18-21H2,1H3,(H,33,37)(H,34,38)/t27-,28+,31+/m1/s1. The van der Waals surface area contributed by atoms with Gasteiger partial charge in [-0.3, -0.25) is 19.8 Å². The van der Waals surface area contributed by atoms with Crippen molar-refractivity contribution >= 4 is 17.5 Å². The Bertz CT molecular complexity index is 1240. The van der Waals surface area contributed by atoms with Gasteiger partial charge < -0.3 is 24.8 Å². The van der Waals surface area contributed by atoms with E-state index in [1.165, 1.54) is 0 Å². The van der Waals surface area contributed by atoms with Gasteiger partial charge in [0.2, 0.25) is 11.8 Å². The number of nitrogens with one attached hydrogen (secondary N) is 2. The van der Waals surface area contributed by atoms with Gasteiger partial charge in [0.15, 0.2) is 6.29 Å². The van der Waals surface area contributed by atoms with Gasteiger partial charge >= 0.3 is 0 Å². The minimum absolute atomic E-state index is 0.0118. The molecular weight excluding hydrogens is 524 g/mol. The number of rotatable bonds is 13. The van der Waals surface area contributed by atoms with Crippen molar-refractivity contribution in [1.29, 1.82) is 0 Å². The zero-order valence-electron chi connectivity index (χ0n) is 23.2. The van der Waals surface area contributed by atoms with Crippen molar-refractivity contribution < 1.29 is 29.4 Å². The molecule has 0 saturated carbocycles. The van der Waals surface area contributed by atoms with Gasteiger partial charge in [0, 0.05) is 61.9 Å². The van der Waals surface area contributed by atoms with Gasteiger partial charge in [-0.2, -0.15) is 0 Å². The summed E-state index contributed by atoms with van der Waals surface area (Å²) in [5, 5.41) is 20.8. The Hall–Kier alpha value is -3.67. The van der Waals surface area contributed by atoms with Crippen molar-refractivity contribution in [2.75, 3.05) is 25.5 Å². The van der Waals surface area contributed by atoms with Gasteiger partial charge in [0.25, 0.3) is 0 Å². The molecule has 218 valence electrons. The Balaban J connectivity index is 1.40. The van der Waals surface area contributed by atoms with E-state index < -0.39 is 12.2 Å². The number of likely N-dealkylation sites (N-methyl/N-ethyl adjacent to an activating group) is 1. The molecule has 3 atom stereocenters. The number of carbonyl (C=O) groups excluding carboxylic acids is 2. The minimum Gasteiger partial charge on any atom is -0.392 e. The lowest BCUT2D eigenvalue weighted by atomic mass is 9.99. The molecule has 0 bridgehead atoms. The molecule has 4 rings (SSSR count). The van der Waals surface area contributed by atoms with Crippen LogP contribution in [-0.2, 0) is 32.1 Å². The fourth-order valence-electron chi connectivity index (χ4n) is 4.74. The van der Waals surface area contributed by atoms with Gasteiger partial charge in [-0.15, -0.1) is 0 Å². The van der Waals surface area contributed by atoms with Crippen LogP contribution in [0.25, 0.3) is 0 Å². The van der Waals surface area contributed by atoms with Crippen LogP contribution in [0.3, 0.4) is 0 Å². The van der Waals surface area contributed by atoms with Crippen molar-refractivity contribution in [3.8, 4) is 0 Å². The van der Waals surface area contributed by atoms with Gasteiger partial charge in [-0.1, -0.05) is 42.5 Å². The number of hydrogen-bond acceptors (Lipinski definition) is 8. The number of amides is 2. The predicted molar refractivity (Wildman–Crippen MR) is 153 cm³/mol. The van der Waals surface area contributed by atoms with E-state index in [2.05, 4.69) is 22.2 Å². The van der Waals surface area contributed by atoms with Crippen LogP contribution >= 0.6 is 0 Å². The number of aromatic nitrogens is 1. The van der Waals surface area contributed by atoms with Crippen molar-refractivity contribution in [1.82, 2.24) is 15.4 Å². The van der Waals surface area contributed by atoms with E-state index in [4.69, 9.17) is 14.7 Å². The Kier molecular flexibility index (Phi) is 11.4. The third kappa shape index (κ3) is 9.44. The van der Waals surface area contributed by atoms with Crippen molar-refractivity contribution in [3.05, 3.63) is 95.3 Å². The van der Waals surface area contributed by atoms with E-state index >= 15 is 0 Å². The minimum atomic E-state index is -0.595. The number of aliphatic hydroxyl groups excluding tert-OH is 1. The number of nitrogens with zero attached hydrogens (tertiary/aromatic N) is 2. The van der Waals surface area contributed by atoms with Crippen molar-refractivity contribution in [3.63, 3.8) is 0 Å². The van der Waals surface area contributed by atoms with Crippen LogP contribution in [0.4, 0.5) is 5.69 Å². The number of ether oxygens (including phenoxy) is 2. The van der Waals surface area contributed by atoms with E-state index in [0.29, 0.717) is 18.5 Å². The summed E-state index contributed by atoms with van der Waals surface area (Å²) in [4.78, 5) is 30.0. The summed E-state index contributed by atoms with van der Waals surface area (Å²) in [5.41, 5.74) is 5.94. The average molecular weight is 563 g/mol.